The van der Waals surface area contributed by atoms with E-state index in [-0.39, 0.29) is 11.9 Å². The van der Waals surface area contributed by atoms with E-state index in [1.54, 1.807) is 0 Å². The standard InChI is InChI=1S/C23H48N2O/c1-5-7-8-9-10-11-12-13-14-15-16-17-18-19-20-22(23(24)26)25(3,4)21-6-2/h22H,5-21H2,1-4H3,(H-,24,26)/p+1. The van der Waals surface area contributed by atoms with Crippen LogP contribution in [0.1, 0.15) is 117 Å². The molecule has 0 aliphatic heterocycles. The highest BCUT2D eigenvalue weighted by Crippen LogP contribution is 2.17. The van der Waals surface area contributed by atoms with Gasteiger partial charge in [0.1, 0.15) is 0 Å². The minimum absolute atomic E-state index is 0.0210. The van der Waals surface area contributed by atoms with Gasteiger partial charge in [-0.15, -0.1) is 0 Å². The maximum atomic E-state index is 11.8. The summed E-state index contributed by atoms with van der Waals surface area (Å²) in [6.07, 6.45) is 21.2. The second-order valence-electron chi connectivity index (χ2n) is 8.81. The van der Waals surface area contributed by atoms with Gasteiger partial charge in [-0.1, -0.05) is 97.3 Å². The number of carbonyl (C=O) groups excluding carboxylic acids is 1. The topological polar surface area (TPSA) is 43.1 Å². The van der Waals surface area contributed by atoms with Gasteiger partial charge in [-0.2, -0.15) is 0 Å². The Morgan fingerprint density at radius 1 is 0.692 bits per heavy atom. The van der Waals surface area contributed by atoms with Gasteiger partial charge in [-0.05, 0) is 12.8 Å². The van der Waals surface area contributed by atoms with Crippen molar-refractivity contribution in [2.75, 3.05) is 20.6 Å². The number of carbonyl (C=O) groups is 1. The second-order valence-corrected chi connectivity index (χ2v) is 8.81. The van der Waals surface area contributed by atoms with Crippen LogP contribution in [0, 0.1) is 0 Å². The van der Waals surface area contributed by atoms with Gasteiger partial charge in [0.15, 0.2) is 6.04 Å². The average Bonchev–Trinajstić information content (AvgIpc) is 2.57. The summed E-state index contributed by atoms with van der Waals surface area (Å²) in [6, 6.07) is -0.0210. The Hall–Kier alpha value is -0.570. The van der Waals surface area contributed by atoms with Gasteiger partial charge in [-0.25, -0.2) is 0 Å². The molecule has 0 rings (SSSR count). The van der Waals surface area contributed by atoms with E-state index in [0.29, 0.717) is 0 Å². The Bertz CT molecular complexity index is 328. The third kappa shape index (κ3) is 13.6. The zero-order valence-electron chi connectivity index (χ0n) is 18.5. The summed E-state index contributed by atoms with van der Waals surface area (Å²) in [4.78, 5) is 11.8. The van der Waals surface area contributed by atoms with Crippen molar-refractivity contribution in [3.63, 3.8) is 0 Å². The normalized spacial score (nSPS) is 13.1. The molecule has 0 aliphatic rings. The number of quaternary nitrogens is 1. The number of hydrogen-bond acceptors (Lipinski definition) is 1. The Morgan fingerprint density at radius 2 is 1.08 bits per heavy atom. The predicted molar refractivity (Wildman–Crippen MR) is 115 cm³/mol. The van der Waals surface area contributed by atoms with E-state index >= 15 is 0 Å². The predicted octanol–water partition coefficient (Wildman–Crippen LogP) is 6.20. The smallest absolute Gasteiger partial charge is 0.275 e. The molecule has 156 valence electrons. The molecule has 0 aromatic carbocycles. The van der Waals surface area contributed by atoms with E-state index in [1.807, 2.05) is 0 Å². The highest BCUT2D eigenvalue weighted by Gasteiger charge is 2.31. The summed E-state index contributed by atoms with van der Waals surface area (Å²) < 4.78 is 0.740. The van der Waals surface area contributed by atoms with Gasteiger partial charge in [0.2, 0.25) is 0 Å². The lowest BCUT2D eigenvalue weighted by Gasteiger charge is -2.36. The molecule has 0 saturated heterocycles. The van der Waals surface area contributed by atoms with Crippen molar-refractivity contribution >= 4 is 5.91 Å². The van der Waals surface area contributed by atoms with Crippen LogP contribution in [0.5, 0.6) is 0 Å². The zero-order valence-corrected chi connectivity index (χ0v) is 18.5. The first-order valence-corrected chi connectivity index (χ1v) is 11.6. The fourth-order valence-corrected chi connectivity index (χ4v) is 4.10. The summed E-state index contributed by atoms with van der Waals surface area (Å²) in [5.74, 6) is -0.127. The summed E-state index contributed by atoms with van der Waals surface area (Å²) >= 11 is 0. The van der Waals surface area contributed by atoms with Crippen molar-refractivity contribution in [2.45, 2.75) is 123 Å². The molecule has 0 radical (unpaired) electrons. The number of hydrogen-bond donors (Lipinski definition) is 1. The molecule has 0 bridgehead atoms. The van der Waals surface area contributed by atoms with Crippen molar-refractivity contribution < 1.29 is 9.28 Å². The first-order valence-electron chi connectivity index (χ1n) is 11.6. The monoisotopic (exact) mass is 369 g/mol. The highest BCUT2D eigenvalue weighted by atomic mass is 16.1. The Kier molecular flexibility index (Phi) is 16.2. The molecule has 1 amide bonds. The fourth-order valence-electron chi connectivity index (χ4n) is 4.10. The van der Waals surface area contributed by atoms with E-state index in [4.69, 9.17) is 5.73 Å². The Morgan fingerprint density at radius 3 is 1.42 bits per heavy atom. The number of unbranched alkanes of at least 4 members (excludes halogenated alkanes) is 13. The molecule has 0 aliphatic carbocycles. The van der Waals surface area contributed by atoms with Crippen LogP contribution in [0.2, 0.25) is 0 Å². The highest BCUT2D eigenvalue weighted by molar-refractivity contribution is 5.78. The molecule has 0 spiro atoms. The summed E-state index contributed by atoms with van der Waals surface area (Å²) in [5, 5.41) is 0. The van der Waals surface area contributed by atoms with Crippen LogP contribution in [-0.2, 0) is 4.79 Å². The maximum Gasteiger partial charge on any atom is 0.275 e. The molecular formula is C23H49N2O+. The third-order valence-electron chi connectivity index (χ3n) is 5.80. The van der Waals surface area contributed by atoms with Gasteiger partial charge < -0.3 is 10.2 Å². The van der Waals surface area contributed by atoms with E-state index in [9.17, 15) is 4.79 Å². The number of nitrogens with two attached hydrogens (primary N) is 1. The van der Waals surface area contributed by atoms with Crippen LogP contribution in [0.3, 0.4) is 0 Å². The molecule has 0 aromatic heterocycles. The summed E-state index contributed by atoms with van der Waals surface area (Å²) in [6.45, 7) is 5.47. The maximum absolute atomic E-state index is 11.8. The van der Waals surface area contributed by atoms with Crippen molar-refractivity contribution in [3.8, 4) is 0 Å². The molecule has 0 fully saturated rings. The molecule has 2 N–H and O–H groups in total. The van der Waals surface area contributed by atoms with E-state index in [0.717, 1.165) is 30.3 Å². The summed E-state index contributed by atoms with van der Waals surface area (Å²) in [7, 11) is 4.28. The van der Waals surface area contributed by atoms with Crippen LogP contribution in [0.15, 0.2) is 0 Å². The number of amides is 1. The van der Waals surface area contributed by atoms with Crippen molar-refractivity contribution in [2.24, 2.45) is 5.73 Å². The van der Waals surface area contributed by atoms with Crippen molar-refractivity contribution in [1.29, 1.82) is 0 Å². The zero-order chi connectivity index (χ0) is 19.7. The lowest BCUT2D eigenvalue weighted by atomic mass is 10.0. The molecule has 0 aromatic rings. The fraction of sp³-hybridized carbons (Fsp3) is 0.957. The van der Waals surface area contributed by atoms with Crippen molar-refractivity contribution in [1.82, 2.24) is 0 Å². The number of nitrogens with zero attached hydrogens (tertiary/aromatic N) is 1. The lowest BCUT2D eigenvalue weighted by Crippen LogP contribution is -2.55. The molecule has 3 heteroatoms. The summed E-state index contributed by atoms with van der Waals surface area (Å²) in [5.41, 5.74) is 5.65. The minimum Gasteiger partial charge on any atom is -0.365 e. The molecule has 26 heavy (non-hydrogen) atoms. The molecule has 3 nitrogen and oxygen atoms in total. The quantitative estimate of drug-likeness (QED) is 0.214. The lowest BCUT2D eigenvalue weighted by molar-refractivity contribution is -0.906. The van der Waals surface area contributed by atoms with Gasteiger partial charge >= 0.3 is 0 Å². The number of likely N-dealkylation sites (N-methyl/N-ethyl adjacent to an activating group) is 1. The second kappa shape index (κ2) is 16.6. The van der Waals surface area contributed by atoms with Crippen LogP contribution in [0.25, 0.3) is 0 Å². The van der Waals surface area contributed by atoms with Gasteiger partial charge in [0, 0.05) is 6.42 Å². The van der Waals surface area contributed by atoms with Gasteiger partial charge in [0.25, 0.3) is 5.91 Å². The van der Waals surface area contributed by atoms with E-state index < -0.39 is 0 Å². The first-order chi connectivity index (χ1) is 12.5. The number of rotatable bonds is 19. The largest absolute Gasteiger partial charge is 0.365 e. The minimum atomic E-state index is -0.127. The van der Waals surface area contributed by atoms with Crippen LogP contribution in [-0.4, -0.2) is 37.1 Å². The molecule has 0 heterocycles. The Balaban J connectivity index is 3.53. The molecule has 1 atom stereocenters. The molecule has 1 unspecified atom stereocenters. The first kappa shape index (κ1) is 25.4. The van der Waals surface area contributed by atoms with Crippen LogP contribution >= 0.6 is 0 Å². The SMILES string of the molecule is CCCCCCCCCCCCCCCCC(C(N)=O)[N+](C)(C)CCC. The van der Waals surface area contributed by atoms with Gasteiger partial charge in [-0.3, -0.25) is 4.79 Å². The Labute approximate surface area is 164 Å². The third-order valence-corrected chi connectivity index (χ3v) is 5.80. The van der Waals surface area contributed by atoms with Crippen LogP contribution in [0.4, 0.5) is 0 Å². The molecular weight excluding hydrogens is 320 g/mol. The van der Waals surface area contributed by atoms with E-state index in [2.05, 4.69) is 27.9 Å². The van der Waals surface area contributed by atoms with Crippen LogP contribution < -0.4 is 5.73 Å². The van der Waals surface area contributed by atoms with Crippen molar-refractivity contribution in [3.05, 3.63) is 0 Å². The average molecular weight is 370 g/mol. The van der Waals surface area contributed by atoms with Gasteiger partial charge in [0.05, 0.1) is 20.6 Å². The van der Waals surface area contributed by atoms with E-state index in [1.165, 1.54) is 83.5 Å². The number of primary amides is 1. The molecule has 0 saturated carbocycles.